The Hall–Kier alpha value is -3.82. The second-order valence-corrected chi connectivity index (χ2v) is 8.86. The van der Waals surface area contributed by atoms with Gasteiger partial charge in [0.1, 0.15) is 17.3 Å². The van der Waals surface area contributed by atoms with Gasteiger partial charge in [-0.25, -0.2) is 14.4 Å². The molecule has 0 unspecified atom stereocenters. The quantitative estimate of drug-likeness (QED) is 0.396. The predicted octanol–water partition coefficient (Wildman–Crippen LogP) is 3.75. The zero-order valence-electron chi connectivity index (χ0n) is 19.3. The highest BCUT2D eigenvalue weighted by Crippen LogP contribution is 2.36. The van der Waals surface area contributed by atoms with E-state index in [9.17, 15) is 9.18 Å². The number of fused-ring (bicyclic) bond motifs is 2. The summed E-state index contributed by atoms with van der Waals surface area (Å²) >= 11 is 0. The maximum absolute atomic E-state index is 13.6. The number of carbonyl (C=O) groups excluding carboxylic acids is 1. The highest BCUT2D eigenvalue weighted by molar-refractivity contribution is 6.06. The van der Waals surface area contributed by atoms with Gasteiger partial charge in [0.05, 0.1) is 35.4 Å². The minimum Gasteiger partial charge on any atom is -0.381 e. The molecule has 178 valence electrons. The lowest BCUT2D eigenvalue weighted by atomic mass is 9.96. The molecular formula is C26H25FN6O2. The predicted molar refractivity (Wildman–Crippen MR) is 130 cm³/mol. The van der Waals surface area contributed by atoms with Gasteiger partial charge in [0.15, 0.2) is 0 Å². The number of ether oxygens (including phenoxy) is 1. The van der Waals surface area contributed by atoms with Crippen molar-refractivity contribution in [2.24, 2.45) is 0 Å². The highest BCUT2D eigenvalue weighted by Gasteiger charge is 2.28. The molecule has 0 spiro atoms. The molecule has 35 heavy (non-hydrogen) atoms. The maximum atomic E-state index is 13.6. The minimum absolute atomic E-state index is 0.139. The molecule has 0 radical (unpaired) electrons. The Labute approximate surface area is 201 Å². The number of imidazole rings is 1. The van der Waals surface area contributed by atoms with Crippen molar-refractivity contribution in [3.05, 3.63) is 77.0 Å². The van der Waals surface area contributed by atoms with Crippen LogP contribution in [0, 0.1) is 5.82 Å². The molecule has 9 heteroatoms. The Balaban J connectivity index is 1.38. The van der Waals surface area contributed by atoms with Crippen molar-refractivity contribution >= 4 is 23.1 Å². The summed E-state index contributed by atoms with van der Waals surface area (Å²) in [6.45, 7) is 2.55. The first-order chi connectivity index (χ1) is 17.1. The summed E-state index contributed by atoms with van der Waals surface area (Å²) in [6.07, 6.45) is 4.35. The van der Waals surface area contributed by atoms with Crippen LogP contribution in [0.25, 0.3) is 16.9 Å². The molecule has 8 nitrogen and oxygen atoms in total. The molecule has 1 atom stereocenters. The van der Waals surface area contributed by atoms with E-state index in [1.807, 2.05) is 29.6 Å². The second-order valence-electron chi connectivity index (χ2n) is 8.86. The second kappa shape index (κ2) is 8.75. The van der Waals surface area contributed by atoms with Gasteiger partial charge < -0.3 is 20.7 Å². The zero-order chi connectivity index (χ0) is 23.9. The summed E-state index contributed by atoms with van der Waals surface area (Å²) < 4.78 is 21.0. The Kier molecular flexibility index (Phi) is 5.43. The van der Waals surface area contributed by atoms with E-state index in [0.29, 0.717) is 41.7 Å². The van der Waals surface area contributed by atoms with Gasteiger partial charge in [-0.2, -0.15) is 0 Å². The van der Waals surface area contributed by atoms with Gasteiger partial charge in [-0.1, -0.05) is 12.1 Å². The van der Waals surface area contributed by atoms with Crippen LogP contribution >= 0.6 is 0 Å². The standard InChI is InChI=1S/C26H25FN6O2/c1-28-12-21-17(15-7-9-35-14-15)3-5-23(32-21)31-20-4-2-18(19-11-30-26(34)25(19)20)22-13-29-24-10-16(27)6-8-33(22)24/h2-6,8,10,13,15,28H,7,9,11-12,14H2,1H3,(H,30,34)(H,31,32)/t15-/m0/s1. The fourth-order valence-corrected chi connectivity index (χ4v) is 5.03. The Bertz CT molecular complexity index is 1440. The van der Waals surface area contributed by atoms with Crippen LogP contribution in [0.15, 0.2) is 48.8 Å². The molecule has 3 N–H and O–H groups in total. The van der Waals surface area contributed by atoms with E-state index in [1.165, 1.54) is 17.7 Å². The molecule has 6 rings (SSSR count). The lowest BCUT2D eigenvalue weighted by Crippen LogP contribution is -2.15. The SMILES string of the molecule is CNCc1nc(Nc2ccc(-c3cnc4cc(F)ccn34)c3c2C(=O)NC3)ccc1[C@H]1CCOC1. The zero-order valence-corrected chi connectivity index (χ0v) is 19.3. The fraction of sp³-hybridized carbons (Fsp3) is 0.269. The number of rotatable bonds is 6. The van der Waals surface area contributed by atoms with E-state index in [-0.39, 0.29) is 11.7 Å². The molecule has 1 aromatic carbocycles. The molecule has 3 aromatic heterocycles. The van der Waals surface area contributed by atoms with Crippen molar-refractivity contribution < 1.29 is 13.9 Å². The molecule has 5 heterocycles. The van der Waals surface area contributed by atoms with Crippen LogP contribution in [-0.4, -0.2) is 40.5 Å². The topological polar surface area (TPSA) is 92.6 Å². The van der Waals surface area contributed by atoms with E-state index in [2.05, 4.69) is 27.0 Å². The van der Waals surface area contributed by atoms with Gasteiger partial charge in [0.2, 0.25) is 0 Å². The number of pyridine rings is 2. The molecule has 1 saturated heterocycles. The van der Waals surface area contributed by atoms with Gasteiger partial charge in [0.25, 0.3) is 5.91 Å². The van der Waals surface area contributed by atoms with Gasteiger partial charge >= 0.3 is 0 Å². The van der Waals surface area contributed by atoms with Gasteiger partial charge in [-0.05, 0) is 42.8 Å². The normalized spacial score (nSPS) is 17.1. The van der Waals surface area contributed by atoms with Gasteiger partial charge in [0, 0.05) is 43.4 Å². The lowest BCUT2D eigenvalue weighted by Gasteiger charge is -2.17. The third kappa shape index (κ3) is 3.82. The molecule has 2 aliphatic rings. The molecule has 0 aliphatic carbocycles. The largest absolute Gasteiger partial charge is 0.381 e. The van der Waals surface area contributed by atoms with Crippen LogP contribution in [-0.2, 0) is 17.8 Å². The van der Waals surface area contributed by atoms with E-state index < -0.39 is 0 Å². The first-order valence-electron chi connectivity index (χ1n) is 11.7. The number of amides is 1. The van der Waals surface area contributed by atoms with Crippen molar-refractivity contribution in [1.82, 2.24) is 25.0 Å². The van der Waals surface area contributed by atoms with Crippen LogP contribution in [0.5, 0.6) is 0 Å². The molecule has 1 amide bonds. The number of anilines is 2. The number of nitrogens with one attached hydrogen (secondary N) is 3. The molecule has 4 aromatic rings. The van der Waals surface area contributed by atoms with Crippen LogP contribution in [0.4, 0.5) is 15.9 Å². The minimum atomic E-state index is -0.340. The Morgan fingerprint density at radius 2 is 2.17 bits per heavy atom. The molecule has 1 fully saturated rings. The summed E-state index contributed by atoms with van der Waals surface area (Å²) in [7, 11) is 1.90. The molecule has 0 saturated carbocycles. The molecule has 0 bridgehead atoms. The fourth-order valence-electron chi connectivity index (χ4n) is 5.03. The van der Waals surface area contributed by atoms with E-state index in [0.717, 1.165) is 42.1 Å². The van der Waals surface area contributed by atoms with E-state index in [4.69, 9.17) is 9.72 Å². The van der Waals surface area contributed by atoms with Crippen molar-refractivity contribution in [3.8, 4) is 11.3 Å². The van der Waals surface area contributed by atoms with E-state index >= 15 is 0 Å². The summed E-state index contributed by atoms with van der Waals surface area (Å²) in [5, 5.41) is 9.50. The maximum Gasteiger partial charge on any atom is 0.254 e. The number of benzene rings is 1. The average Bonchev–Trinajstić information content (AvgIpc) is 3.60. The number of carbonyl (C=O) groups is 1. The third-order valence-corrected chi connectivity index (χ3v) is 6.70. The Morgan fingerprint density at radius 1 is 1.26 bits per heavy atom. The summed E-state index contributed by atoms with van der Waals surface area (Å²) in [6, 6.07) is 10.7. The monoisotopic (exact) mass is 472 g/mol. The van der Waals surface area contributed by atoms with Crippen molar-refractivity contribution in [2.75, 3.05) is 25.6 Å². The summed E-state index contributed by atoms with van der Waals surface area (Å²) in [5.41, 5.74) is 6.53. The van der Waals surface area contributed by atoms with Crippen LogP contribution < -0.4 is 16.0 Å². The van der Waals surface area contributed by atoms with Crippen molar-refractivity contribution in [2.45, 2.75) is 25.4 Å². The summed E-state index contributed by atoms with van der Waals surface area (Å²) in [5.74, 6) is 0.554. The number of hydrogen-bond acceptors (Lipinski definition) is 6. The number of nitrogens with zero attached hydrogens (tertiary/aromatic N) is 3. The van der Waals surface area contributed by atoms with Gasteiger partial charge in [-0.3, -0.25) is 9.20 Å². The first kappa shape index (κ1) is 21.7. The molecular weight excluding hydrogens is 447 g/mol. The van der Waals surface area contributed by atoms with Crippen molar-refractivity contribution in [3.63, 3.8) is 0 Å². The Morgan fingerprint density at radius 3 is 3.00 bits per heavy atom. The van der Waals surface area contributed by atoms with Crippen LogP contribution in [0.1, 0.15) is 39.5 Å². The number of halogens is 1. The van der Waals surface area contributed by atoms with Gasteiger partial charge in [-0.15, -0.1) is 0 Å². The summed E-state index contributed by atoms with van der Waals surface area (Å²) in [4.78, 5) is 22.0. The van der Waals surface area contributed by atoms with Crippen LogP contribution in [0.2, 0.25) is 0 Å². The number of hydrogen-bond donors (Lipinski definition) is 3. The average molecular weight is 473 g/mol. The lowest BCUT2D eigenvalue weighted by molar-refractivity contribution is 0.0966. The smallest absolute Gasteiger partial charge is 0.254 e. The third-order valence-electron chi connectivity index (χ3n) is 6.70. The highest BCUT2D eigenvalue weighted by atomic mass is 19.1. The van der Waals surface area contributed by atoms with Crippen molar-refractivity contribution in [1.29, 1.82) is 0 Å². The number of aromatic nitrogens is 3. The van der Waals surface area contributed by atoms with Crippen LogP contribution in [0.3, 0.4) is 0 Å². The first-order valence-corrected chi connectivity index (χ1v) is 11.7. The van der Waals surface area contributed by atoms with E-state index in [1.54, 1.807) is 12.4 Å². The molecule has 2 aliphatic heterocycles.